The minimum Gasteiger partial charge on any atom is -0.353 e. The van der Waals surface area contributed by atoms with Crippen LogP contribution < -0.4 is 0 Å². The molecule has 1 aromatic carbocycles. The molecule has 0 fully saturated rings. The summed E-state index contributed by atoms with van der Waals surface area (Å²) in [6, 6.07) is 13.6. The molecule has 1 aromatic heterocycles. The van der Waals surface area contributed by atoms with Crippen molar-refractivity contribution in [2.75, 3.05) is 6.54 Å². The van der Waals surface area contributed by atoms with E-state index in [1.807, 2.05) is 65.2 Å². The summed E-state index contributed by atoms with van der Waals surface area (Å²) in [5.41, 5.74) is 1.96. The number of rotatable bonds is 7. The third-order valence-corrected chi connectivity index (χ3v) is 4.25. The summed E-state index contributed by atoms with van der Waals surface area (Å²) < 4.78 is 2.04. The topological polar surface area (TPSA) is 25.2 Å². The highest BCUT2D eigenvalue weighted by molar-refractivity contribution is 6.30. The quantitative estimate of drug-likeness (QED) is 0.704. The van der Waals surface area contributed by atoms with Gasteiger partial charge in [0.15, 0.2) is 0 Å². The van der Waals surface area contributed by atoms with Gasteiger partial charge in [-0.25, -0.2) is 0 Å². The van der Waals surface area contributed by atoms with Gasteiger partial charge in [-0.05, 0) is 24.1 Å². The Kier molecular flexibility index (Phi) is 6.08. The van der Waals surface area contributed by atoms with E-state index in [0.717, 1.165) is 30.6 Å². The lowest BCUT2D eigenvalue weighted by molar-refractivity contribution is -0.131. The second-order valence-corrected chi connectivity index (χ2v) is 5.93. The fraction of sp³-hybridized carbons (Fsp3) is 0.389. The average molecular weight is 319 g/mol. The highest BCUT2D eigenvalue weighted by Gasteiger charge is 2.24. The van der Waals surface area contributed by atoms with Crippen LogP contribution in [0.15, 0.2) is 48.7 Å². The molecule has 0 aliphatic carbocycles. The monoisotopic (exact) mass is 318 g/mol. The van der Waals surface area contributed by atoms with Crippen molar-refractivity contribution in [1.29, 1.82) is 0 Å². The van der Waals surface area contributed by atoms with Crippen molar-refractivity contribution in [3.63, 3.8) is 0 Å². The molecule has 2 rings (SSSR count). The number of unbranched alkanes of at least 4 members (excludes halogenated alkanes) is 1. The van der Waals surface area contributed by atoms with Crippen LogP contribution >= 0.6 is 11.6 Å². The lowest BCUT2D eigenvalue weighted by atomic mass is 10.1. The fourth-order valence-electron chi connectivity index (χ4n) is 2.40. The summed E-state index contributed by atoms with van der Waals surface area (Å²) >= 11 is 6.41. The van der Waals surface area contributed by atoms with Crippen LogP contribution in [0.3, 0.4) is 0 Å². The molecule has 0 bridgehead atoms. The Balaban J connectivity index is 2.13. The average Bonchev–Trinajstić information content (AvgIpc) is 2.95. The molecular weight excluding hydrogens is 296 g/mol. The molecule has 0 saturated heterocycles. The van der Waals surface area contributed by atoms with Gasteiger partial charge < -0.3 is 9.47 Å². The number of carbonyl (C=O) groups is 1. The predicted octanol–water partition coefficient (Wildman–Crippen LogP) is 4.13. The third-order valence-electron chi connectivity index (χ3n) is 3.81. The lowest BCUT2D eigenvalue weighted by Crippen LogP contribution is -2.34. The van der Waals surface area contributed by atoms with E-state index in [2.05, 4.69) is 6.92 Å². The summed E-state index contributed by atoms with van der Waals surface area (Å²) in [7, 11) is 1.99. The number of carbonyl (C=O) groups excluding carboxylic acids is 1. The summed E-state index contributed by atoms with van der Waals surface area (Å²) in [6.45, 7) is 3.45. The van der Waals surface area contributed by atoms with E-state index in [1.54, 1.807) is 0 Å². The number of hydrogen-bond acceptors (Lipinski definition) is 1. The number of benzene rings is 1. The van der Waals surface area contributed by atoms with Crippen LogP contribution in [0.4, 0.5) is 0 Å². The number of nitrogens with zero attached hydrogens (tertiary/aromatic N) is 2. The molecule has 118 valence electrons. The summed E-state index contributed by atoms with van der Waals surface area (Å²) in [5, 5.41) is -0.627. The third kappa shape index (κ3) is 4.14. The van der Waals surface area contributed by atoms with Crippen LogP contribution in [0.5, 0.6) is 0 Å². The Labute approximate surface area is 137 Å². The maximum atomic E-state index is 12.8. The zero-order chi connectivity index (χ0) is 15.9. The Hall–Kier alpha value is -1.74. The smallest absolute Gasteiger partial charge is 0.245 e. The molecule has 1 atom stereocenters. The van der Waals surface area contributed by atoms with Gasteiger partial charge in [-0.3, -0.25) is 4.79 Å². The molecule has 1 amide bonds. The minimum absolute atomic E-state index is 0.0254. The van der Waals surface area contributed by atoms with Crippen molar-refractivity contribution in [3.05, 3.63) is 59.9 Å². The second-order valence-electron chi connectivity index (χ2n) is 5.50. The summed E-state index contributed by atoms with van der Waals surface area (Å²) in [5.74, 6) is -0.0254. The van der Waals surface area contributed by atoms with Crippen molar-refractivity contribution in [3.8, 4) is 0 Å². The molecule has 0 N–H and O–H groups in total. The van der Waals surface area contributed by atoms with Crippen molar-refractivity contribution in [1.82, 2.24) is 9.47 Å². The van der Waals surface area contributed by atoms with Gasteiger partial charge in [-0.1, -0.05) is 43.7 Å². The van der Waals surface area contributed by atoms with Crippen LogP contribution in [-0.4, -0.2) is 21.9 Å². The summed E-state index contributed by atoms with van der Waals surface area (Å²) in [6.07, 6.45) is 4.02. The minimum atomic E-state index is -0.627. The van der Waals surface area contributed by atoms with Crippen LogP contribution in [0, 0.1) is 0 Å². The SMILES string of the molecule is CCCCN(Cc1cccn1C)C(=O)C(Cl)c1ccccc1. The Morgan fingerprint density at radius 3 is 2.55 bits per heavy atom. The number of hydrogen-bond donors (Lipinski definition) is 0. The fourth-order valence-corrected chi connectivity index (χ4v) is 2.68. The lowest BCUT2D eigenvalue weighted by Gasteiger charge is -2.25. The van der Waals surface area contributed by atoms with E-state index < -0.39 is 5.38 Å². The Bertz CT molecular complexity index is 594. The molecule has 1 heterocycles. The molecule has 22 heavy (non-hydrogen) atoms. The largest absolute Gasteiger partial charge is 0.353 e. The van der Waals surface area contributed by atoms with E-state index in [0.29, 0.717) is 6.54 Å². The zero-order valence-corrected chi connectivity index (χ0v) is 14.0. The first-order chi connectivity index (χ1) is 10.6. The normalized spacial score (nSPS) is 12.1. The first-order valence-electron chi connectivity index (χ1n) is 7.71. The summed E-state index contributed by atoms with van der Waals surface area (Å²) in [4.78, 5) is 14.6. The molecule has 2 aromatic rings. The maximum absolute atomic E-state index is 12.8. The maximum Gasteiger partial charge on any atom is 0.245 e. The first kappa shape index (κ1) is 16.6. The van der Waals surface area contributed by atoms with E-state index >= 15 is 0 Å². The van der Waals surface area contributed by atoms with Gasteiger partial charge in [0.2, 0.25) is 5.91 Å². The van der Waals surface area contributed by atoms with Gasteiger partial charge >= 0.3 is 0 Å². The first-order valence-corrected chi connectivity index (χ1v) is 8.15. The highest BCUT2D eigenvalue weighted by Crippen LogP contribution is 2.24. The van der Waals surface area contributed by atoms with E-state index in [1.165, 1.54) is 0 Å². The highest BCUT2D eigenvalue weighted by atomic mass is 35.5. The number of aromatic nitrogens is 1. The van der Waals surface area contributed by atoms with Gasteiger partial charge in [0, 0.05) is 25.5 Å². The van der Waals surface area contributed by atoms with Crippen molar-refractivity contribution in [2.24, 2.45) is 7.05 Å². The van der Waals surface area contributed by atoms with Crippen molar-refractivity contribution in [2.45, 2.75) is 31.7 Å². The second kappa shape index (κ2) is 8.04. The molecule has 1 unspecified atom stereocenters. The van der Waals surface area contributed by atoms with Crippen LogP contribution in [0.1, 0.15) is 36.4 Å². The molecule has 3 nitrogen and oxygen atoms in total. The van der Waals surface area contributed by atoms with Crippen molar-refractivity contribution < 1.29 is 4.79 Å². The van der Waals surface area contributed by atoms with Gasteiger partial charge in [-0.2, -0.15) is 0 Å². The van der Waals surface area contributed by atoms with Gasteiger partial charge in [0.05, 0.1) is 6.54 Å². The number of halogens is 1. The van der Waals surface area contributed by atoms with Gasteiger partial charge in [0.25, 0.3) is 0 Å². The van der Waals surface area contributed by atoms with Crippen LogP contribution in [0.25, 0.3) is 0 Å². The Morgan fingerprint density at radius 2 is 1.95 bits per heavy atom. The van der Waals surface area contributed by atoms with Gasteiger partial charge in [0.1, 0.15) is 5.38 Å². The van der Waals surface area contributed by atoms with E-state index in [9.17, 15) is 4.79 Å². The molecule has 0 aliphatic rings. The van der Waals surface area contributed by atoms with E-state index in [4.69, 9.17) is 11.6 Å². The molecule has 0 saturated carbocycles. The van der Waals surface area contributed by atoms with Crippen LogP contribution in [0.2, 0.25) is 0 Å². The van der Waals surface area contributed by atoms with Gasteiger partial charge in [-0.15, -0.1) is 11.6 Å². The van der Waals surface area contributed by atoms with Crippen molar-refractivity contribution >= 4 is 17.5 Å². The van der Waals surface area contributed by atoms with Crippen LogP contribution in [-0.2, 0) is 18.4 Å². The Morgan fingerprint density at radius 1 is 1.23 bits per heavy atom. The predicted molar refractivity (Wildman–Crippen MR) is 90.8 cm³/mol. The molecule has 0 radical (unpaired) electrons. The molecule has 0 aliphatic heterocycles. The number of amides is 1. The van der Waals surface area contributed by atoms with E-state index in [-0.39, 0.29) is 5.91 Å². The molecule has 4 heteroatoms. The zero-order valence-electron chi connectivity index (χ0n) is 13.2. The number of alkyl halides is 1. The standard InChI is InChI=1S/C18H23ClN2O/c1-3-4-13-21(14-16-11-8-12-20(16)2)18(22)17(19)15-9-6-5-7-10-15/h5-12,17H,3-4,13-14H2,1-2H3. The number of aryl methyl sites for hydroxylation is 1. The molecular formula is C18H23ClN2O. The molecule has 0 spiro atoms.